The molecule has 0 aromatic heterocycles. The van der Waals surface area contributed by atoms with E-state index in [1.807, 2.05) is 24.3 Å². The van der Waals surface area contributed by atoms with Gasteiger partial charge in [-0.1, -0.05) is 24.3 Å². The van der Waals surface area contributed by atoms with Crippen LogP contribution >= 0.6 is 0 Å². The van der Waals surface area contributed by atoms with Crippen LogP contribution in [0.1, 0.15) is 24.0 Å². The normalized spacial score (nSPS) is 19.0. The van der Waals surface area contributed by atoms with E-state index in [2.05, 4.69) is 0 Å². The van der Waals surface area contributed by atoms with Crippen LogP contribution in [0.2, 0.25) is 0 Å². The molecule has 0 amide bonds. The van der Waals surface area contributed by atoms with Gasteiger partial charge in [-0.3, -0.25) is 9.59 Å². The van der Waals surface area contributed by atoms with Crippen LogP contribution in [0.4, 0.5) is 0 Å². The minimum atomic E-state index is 0.0259. The van der Waals surface area contributed by atoms with Gasteiger partial charge in [0.15, 0.2) is 11.6 Å². The first-order chi connectivity index (χ1) is 7.74. The number of fused-ring (bicyclic) bond motifs is 8. The molecule has 3 rings (SSSR count). The zero-order valence-electron chi connectivity index (χ0n) is 9.11. The number of rotatable bonds is 0. The second-order valence-electron chi connectivity index (χ2n) is 4.08. The number of ketones is 2. The number of hydrogen-bond donors (Lipinski definition) is 0. The highest BCUT2D eigenvalue weighted by molar-refractivity contribution is 5.98. The Morgan fingerprint density at radius 2 is 1.00 bits per heavy atom. The van der Waals surface area contributed by atoms with E-state index in [1.165, 1.54) is 23.3 Å². The van der Waals surface area contributed by atoms with Gasteiger partial charge in [-0.25, -0.2) is 0 Å². The molecule has 0 fully saturated rings. The van der Waals surface area contributed by atoms with Crippen molar-refractivity contribution < 1.29 is 9.59 Å². The lowest BCUT2D eigenvalue weighted by atomic mass is 10.0. The van der Waals surface area contributed by atoms with Crippen LogP contribution in [0, 0.1) is 0 Å². The van der Waals surface area contributed by atoms with E-state index in [9.17, 15) is 9.59 Å². The van der Waals surface area contributed by atoms with Gasteiger partial charge in [0.05, 0.1) is 0 Å². The highest BCUT2D eigenvalue weighted by Crippen LogP contribution is 2.10. The molecule has 1 aromatic rings. The minimum absolute atomic E-state index is 0.0259. The van der Waals surface area contributed by atoms with Crippen molar-refractivity contribution in [2.45, 2.75) is 25.7 Å². The Balaban J connectivity index is 2.22. The Hall–Kier alpha value is -1.70. The topological polar surface area (TPSA) is 34.1 Å². The van der Waals surface area contributed by atoms with Gasteiger partial charge in [-0.05, 0) is 36.1 Å². The SMILES string of the molecule is O=C1/C=C/C(=O)CCc2ccc(cc2)CC1. The molecule has 0 atom stereocenters. The molecular weight excluding hydrogens is 200 g/mol. The summed E-state index contributed by atoms with van der Waals surface area (Å²) in [6.07, 6.45) is 5.27. The summed E-state index contributed by atoms with van der Waals surface area (Å²) in [5.41, 5.74) is 2.36. The average Bonchev–Trinajstić information content (AvgIpc) is 2.31. The molecule has 0 aliphatic heterocycles. The first kappa shape index (κ1) is 10.8. The second-order valence-corrected chi connectivity index (χ2v) is 4.08. The van der Waals surface area contributed by atoms with Crippen LogP contribution in [0.25, 0.3) is 0 Å². The van der Waals surface area contributed by atoms with Crippen molar-refractivity contribution in [2.75, 3.05) is 0 Å². The van der Waals surface area contributed by atoms with Gasteiger partial charge in [-0.2, -0.15) is 0 Å². The lowest BCUT2D eigenvalue weighted by Gasteiger charge is -2.04. The zero-order chi connectivity index (χ0) is 11.4. The predicted octanol–water partition coefficient (Wildman–Crippen LogP) is 2.26. The van der Waals surface area contributed by atoms with Gasteiger partial charge >= 0.3 is 0 Å². The molecule has 2 aliphatic rings. The smallest absolute Gasteiger partial charge is 0.156 e. The summed E-state index contributed by atoms with van der Waals surface area (Å²) in [7, 11) is 0. The minimum Gasteiger partial charge on any atom is -0.295 e. The standard InChI is InChI=1S/C14H14O2/c15-13-7-5-11-1-2-12(4-3-11)6-8-14(16)10-9-13/h1-4,9-10H,5-8H2/b10-9+. The van der Waals surface area contributed by atoms with Crippen molar-refractivity contribution in [3.63, 3.8) is 0 Å². The molecule has 2 heteroatoms. The summed E-state index contributed by atoms with van der Waals surface area (Å²) in [6.45, 7) is 0. The van der Waals surface area contributed by atoms with Gasteiger partial charge in [0, 0.05) is 12.8 Å². The molecule has 0 saturated heterocycles. The van der Waals surface area contributed by atoms with Crippen molar-refractivity contribution in [3.05, 3.63) is 47.5 Å². The Bertz CT molecular complexity index is 386. The molecule has 0 unspecified atom stereocenters. The summed E-state index contributed by atoms with van der Waals surface area (Å²) >= 11 is 0. The summed E-state index contributed by atoms with van der Waals surface area (Å²) in [5, 5.41) is 0. The summed E-state index contributed by atoms with van der Waals surface area (Å²) in [6, 6.07) is 8.16. The first-order valence-electron chi connectivity index (χ1n) is 5.55. The second kappa shape index (κ2) is 4.88. The maximum absolute atomic E-state index is 11.4. The molecule has 2 bridgehead atoms. The molecule has 82 valence electrons. The number of aryl methyl sites for hydroxylation is 2. The zero-order valence-corrected chi connectivity index (χ0v) is 9.11. The van der Waals surface area contributed by atoms with E-state index in [1.54, 1.807) is 0 Å². The molecule has 0 saturated carbocycles. The Kier molecular flexibility index (Phi) is 3.30. The van der Waals surface area contributed by atoms with E-state index >= 15 is 0 Å². The van der Waals surface area contributed by atoms with E-state index in [0.29, 0.717) is 12.8 Å². The van der Waals surface area contributed by atoms with Crippen LogP contribution < -0.4 is 0 Å². The van der Waals surface area contributed by atoms with Crippen LogP contribution in [0.5, 0.6) is 0 Å². The van der Waals surface area contributed by atoms with Crippen molar-refractivity contribution in [1.82, 2.24) is 0 Å². The maximum atomic E-state index is 11.4. The summed E-state index contributed by atoms with van der Waals surface area (Å²) < 4.78 is 0. The van der Waals surface area contributed by atoms with Gasteiger partial charge < -0.3 is 0 Å². The molecule has 16 heavy (non-hydrogen) atoms. The Labute approximate surface area is 95.0 Å². The molecule has 2 nitrogen and oxygen atoms in total. The number of hydrogen-bond acceptors (Lipinski definition) is 2. The third-order valence-electron chi connectivity index (χ3n) is 2.80. The van der Waals surface area contributed by atoms with E-state index in [0.717, 1.165) is 12.8 Å². The van der Waals surface area contributed by atoms with Crippen LogP contribution in [-0.2, 0) is 22.4 Å². The van der Waals surface area contributed by atoms with Gasteiger partial charge in [0.2, 0.25) is 0 Å². The van der Waals surface area contributed by atoms with Crippen LogP contribution in [0.15, 0.2) is 36.4 Å². The van der Waals surface area contributed by atoms with Crippen LogP contribution in [-0.4, -0.2) is 11.6 Å². The summed E-state index contributed by atoms with van der Waals surface area (Å²) in [4.78, 5) is 22.8. The van der Waals surface area contributed by atoms with Gasteiger partial charge in [0.1, 0.15) is 0 Å². The fourth-order valence-electron chi connectivity index (χ4n) is 1.76. The highest BCUT2D eigenvalue weighted by Gasteiger charge is 2.04. The molecular formula is C14H14O2. The third kappa shape index (κ3) is 2.89. The lowest BCUT2D eigenvalue weighted by Crippen LogP contribution is -2.02. The lowest BCUT2D eigenvalue weighted by molar-refractivity contribution is -0.116. The molecule has 0 N–H and O–H groups in total. The largest absolute Gasteiger partial charge is 0.295 e. The number of allylic oxidation sites excluding steroid dienone is 2. The number of carbonyl (C=O) groups is 2. The first-order valence-corrected chi connectivity index (χ1v) is 5.55. The maximum Gasteiger partial charge on any atom is 0.156 e. The number of carbonyl (C=O) groups excluding carboxylic acids is 2. The fourth-order valence-corrected chi connectivity index (χ4v) is 1.76. The van der Waals surface area contributed by atoms with E-state index < -0.39 is 0 Å². The highest BCUT2D eigenvalue weighted by atomic mass is 16.1. The monoisotopic (exact) mass is 214 g/mol. The molecule has 0 radical (unpaired) electrons. The molecule has 2 aliphatic carbocycles. The molecule has 1 aromatic carbocycles. The van der Waals surface area contributed by atoms with Crippen molar-refractivity contribution in [2.24, 2.45) is 0 Å². The van der Waals surface area contributed by atoms with Crippen LogP contribution in [0.3, 0.4) is 0 Å². The summed E-state index contributed by atoms with van der Waals surface area (Å²) in [5.74, 6) is 0.0519. The van der Waals surface area contributed by atoms with Crippen molar-refractivity contribution in [3.8, 4) is 0 Å². The number of benzene rings is 1. The quantitative estimate of drug-likeness (QED) is 0.663. The Morgan fingerprint density at radius 3 is 1.38 bits per heavy atom. The van der Waals surface area contributed by atoms with Crippen molar-refractivity contribution in [1.29, 1.82) is 0 Å². The third-order valence-corrected chi connectivity index (χ3v) is 2.80. The predicted molar refractivity (Wildman–Crippen MR) is 62.2 cm³/mol. The molecule has 0 heterocycles. The van der Waals surface area contributed by atoms with E-state index in [4.69, 9.17) is 0 Å². The molecule has 0 spiro atoms. The Morgan fingerprint density at radius 1 is 0.625 bits per heavy atom. The van der Waals surface area contributed by atoms with E-state index in [-0.39, 0.29) is 11.6 Å². The van der Waals surface area contributed by atoms with Gasteiger partial charge in [-0.15, -0.1) is 0 Å². The van der Waals surface area contributed by atoms with Crippen molar-refractivity contribution >= 4 is 11.6 Å². The fraction of sp³-hybridized carbons (Fsp3) is 0.286. The average molecular weight is 214 g/mol. The van der Waals surface area contributed by atoms with Gasteiger partial charge in [0.25, 0.3) is 0 Å².